The van der Waals surface area contributed by atoms with Gasteiger partial charge in [0.1, 0.15) is 0 Å². The quantitative estimate of drug-likeness (QED) is 0.523. The summed E-state index contributed by atoms with van der Waals surface area (Å²) in [6.07, 6.45) is 4.25. The van der Waals surface area contributed by atoms with Gasteiger partial charge in [-0.05, 0) is 27.8 Å². The predicted octanol–water partition coefficient (Wildman–Crippen LogP) is 1.90. The minimum atomic E-state index is 0.654. The van der Waals surface area contributed by atoms with Gasteiger partial charge >= 0.3 is 0 Å². The smallest absolute Gasteiger partial charge is 0.0162 e. The van der Waals surface area contributed by atoms with Crippen LogP contribution in [0, 0.1) is 0 Å². The molecule has 0 aromatic rings. The van der Waals surface area contributed by atoms with Crippen LogP contribution in [-0.4, -0.2) is 24.5 Å². The van der Waals surface area contributed by atoms with Gasteiger partial charge < -0.3 is 4.90 Å². The van der Waals surface area contributed by atoms with Crippen LogP contribution in [0.4, 0.5) is 0 Å². The van der Waals surface area contributed by atoms with Gasteiger partial charge in [-0.15, -0.1) is 0 Å². The van der Waals surface area contributed by atoms with Crippen molar-refractivity contribution in [3.05, 3.63) is 12.2 Å². The Balaban J connectivity index is 3.38. The van der Waals surface area contributed by atoms with Gasteiger partial charge in [-0.25, -0.2) is 0 Å². The van der Waals surface area contributed by atoms with E-state index in [2.05, 4.69) is 37.9 Å². The summed E-state index contributed by atoms with van der Waals surface area (Å²) in [7, 11) is 2.13. The van der Waals surface area contributed by atoms with Crippen LogP contribution >= 0.6 is 0 Å². The summed E-state index contributed by atoms with van der Waals surface area (Å²) >= 11 is 0. The van der Waals surface area contributed by atoms with Crippen LogP contribution in [0.15, 0.2) is 12.2 Å². The molecule has 0 saturated heterocycles. The van der Waals surface area contributed by atoms with Gasteiger partial charge in [0.25, 0.3) is 0 Å². The van der Waals surface area contributed by atoms with Crippen LogP contribution in [0.5, 0.6) is 0 Å². The van der Waals surface area contributed by atoms with Crippen LogP contribution in [0.2, 0.25) is 0 Å². The lowest BCUT2D eigenvalue weighted by molar-refractivity contribution is 0.303. The van der Waals surface area contributed by atoms with E-state index >= 15 is 0 Å². The van der Waals surface area contributed by atoms with Crippen molar-refractivity contribution in [2.75, 3.05) is 13.6 Å². The molecular weight excluding hydrogens is 110 g/mol. The Kier molecular flexibility index (Phi) is 4.41. The van der Waals surface area contributed by atoms with E-state index in [0.717, 1.165) is 6.54 Å². The monoisotopic (exact) mass is 127 g/mol. The van der Waals surface area contributed by atoms with Gasteiger partial charge in [0.15, 0.2) is 0 Å². The molecule has 0 saturated carbocycles. The molecule has 0 fully saturated rings. The summed E-state index contributed by atoms with van der Waals surface area (Å²) in [5.74, 6) is 0. The molecule has 0 bridgehead atoms. The molecule has 1 heteroatoms. The Hall–Kier alpha value is -0.300. The summed E-state index contributed by atoms with van der Waals surface area (Å²) in [6, 6.07) is 0.654. The van der Waals surface area contributed by atoms with Gasteiger partial charge in [-0.3, -0.25) is 0 Å². The van der Waals surface area contributed by atoms with Gasteiger partial charge in [0.2, 0.25) is 0 Å². The first-order chi connectivity index (χ1) is 4.18. The van der Waals surface area contributed by atoms with Crippen molar-refractivity contribution in [1.82, 2.24) is 4.90 Å². The normalized spacial score (nSPS) is 12.2. The molecule has 9 heavy (non-hydrogen) atoms. The van der Waals surface area contributed by atoms with E-state index in [0.29, 0.717) is 6.04 Å². The third-order valence-corrected chi connectivity index (χ3v) is 1.51. The lowest BCUT2D eigenvalue weighted by Crippen LogP contribution is -2.26. The highest BCUT2D eigenvalue weighted by molar-refractivity contribution is 4.80. The predicted molar refractivity (Wildman–Crippen MR) is 42.6 cm³/mol. The summed E-state index contributed by atoms with van der Waals surface area (Å²) in [4.78, 5) is 2.29. The molecule has 0 radical (unpaired) electrons. The maximum absolute atomic E-state index is 2.29. The first kappa shape index (κ1) is 8.70. The van der Waals surface area contributed by atoms with Crippen LogP contribution in [-0.2, 0) is 0 Å². The summed E-state index contributed by atoms with van der Waals surface area (Å²) in [5.41, 5.74) is 0. The highest BCUT2D eigenvalue weighted by atomic mass is 15.1. The Morgan fingerprint density at radius 2 is 2.00 bits per heavy atom. The molecule has 0 heterocycles. The second-order valence-corrected chi connectivity index (χ2v) is 2.60. The van der Waals surface area contributed by atoms with Crippen molar-refractivity contribution in [3.8, 4) is 0 Å². The molecule has 1 nitrogen and oxygen atoms in total. The largest absolute Gasteiger partial charge is 0.300 e. The van der Waals surface area contributed by atoms with E-state index in [9.17, 15) is 0 Å². The molecule has 0 rings (SSSR count). The third kappa shape index (κ3) is 4.22. The first-order valence-electron chi connectivity index (χ1n) is 3.50. The van der Waals surface area contributed by atoms with E-state index in [4.69, 9.17) is 0 Å². The van der Waals surface area contributed by atoms with E-state index in [-0.39, 0.29) is 0 Å². The number of rotatable bonds is 3. The molecule has 54 valence electrons. The minimum Gasteiger partial charge on any atom is -0.300 e. The maximum Gasteiger partial charge on any atom is 0.0162 e. The molecule has 0 atom stereocenters. The number of allylic oxidation sites excluding steroid dienone is 1. The topological polar surface area (TPSA) is 3.24 Å². The van der Waals surface area contributed by atoms with Crippen molar-refractivity contribution in [2.45, 2.75) is 26.8 Å². The highest BCUT2D eigenvalue weighted by Crippen LogP contribution is 1.91. The van der Waals surface area contributed by atoms with E-state index in [1.165, 1.54) is 0 Å². The van der Waals surface area contributed by atoms with E-state index in [1.54, 1.807) is 0 Å². The number of nitrogens with zero attached hydrogens (tertiary/aromatic N) is 1. The SMILES string of the molecule is C/C=C/CN(C)C(C)C. The van der Waals surface area contributed by atoms with E-state index in [1.807, 2.05) is 6.92 Å². The van der Waals surface area contributed by atoms with Crippen LogP contribution in [0.1, 0.15) is 20.8 Å². The summed E-state index contributed by atoms with van der Waals surface area (Å²) in [5, 5.41) is 0. The second kappa shape index (κ2) is 4.57. The lowest BCUT2D eigenvalue weighted by atomic mass is 10.3. The number of hydrogen-bond acceptors (Lipinski definition) is 1. The van der Waals surface area contributed by atoms with Crippen LogP contribution < -0.4 is 0 Å². The van der Waals surface area contributed by atoms with Crippen molar-refractivity contribution < 1.29 is 0 Å². The fourth-order valence-corrected chi connectivity index (χ4v) is 0.482. The molecule has 0 aromatic carbocycles. The zero-order valence-corrected chi connectivity index (χ0v) is 6.89. The molecule has 0 N–H and O–H groups in total. The third-order valence-electron chi connectivity index (χ3n) is 1.51. The van der Waals surface area contributed by atoms with Gasteiger partial charge in [-0.2, -0.15) is 0 Å². The second-order valence-electron chi connectivity index (χ2n) is 2.60. The molecule has 0 aromatic heterocycles. The highest BCUT2D eigenvalue weighted by Gasteiger charge is 1.97. The Bertz CT molecular complexity index is 84.6. The standard InChI is InChI=1S/C8H17N/c1-5-6-7-9(4)8(2)3/h5-6,8H,7H2,1-4H3/b6-5+. The molecule has 0 aliphatic rings. The molecular formula is C8H17N. The number of hydrogen-bond donors (Lipinski definition) is 0. The zero-order chi connectivity index (χ0) is 7.28. The Morgan fingerprint density at radius 1 is 1.44 bits per heavy atom. The molecule has 0 unspecified atom stereocenters. The Labute approximate surface area is 58.4 Å². The van der Waals surface area contributed by atoms with Gasteiger partial charge in [0, 0.05) is 12.6 Å². The summed E-state index contributed by atoms with van der Waals surface area (Å²) < 4.78 is 0. The molecule has 0 amide bonds. The first-order valence-corrected chi connectivity index (χ1v) is 3.50. The van der Waals surface area contributed by atoms with Crippen molar-refractivity contribution >= 4 is 0 Å². The lowest BCUT2D eigenvalue weighted by Gasteiger charge is -2.18. The van der Waals surface area contributed by atoms with Crippen LogP contribution in [0.3, 0.4) is 0 Å². The Morgan fingerprint density at radius 3 is 2.33 bits per heavy atom. The molecule has 0 aliphatic carbocycles. The van der Waals surface area contributed by atoms with Gasteiger partial charge in [-0.1, -0.05) is 12.2 Å². The van der Waals surface area contributed by atoms with Crippen molar-refractivity contribution in [2.24, 2.45) is 0 Å². The minimum absolute atomic E-state index is 0.654. The fraction of sp³-hybridized carbons (Fsp3) is 0.750. The zero-order valence-electron chi connectivity index (χ0n) is 6.89. The fourth-order valence-electron chi connectivity index (χ4n) is 0.482. The number of likely N-dealkylation sites (N-methyl/N-ethyl adjacent to an activating group) is 1. The maximum atomic E-state index is 2.29. The average molecular weight is 127 g/mol. The summed E-state index contributed by atoms with van der Waals surface area (Å²) in [6.45, 7) is 7.51. The van der Waals surface area contributed by atoms with E-state index < -0.39 is 0 Å². The van der Waals surface area contributed by atoms with Crippen molar-refractivity contribution in [1.29, 1.82) is 0 Å². The van der Waals surface area contributed by atoms with Gasteiger partial charge in [0.05, 0.1) is 0 Å². The molecule has 0 aliphatic heterocycles. The average Bonchev–Trinajstić information content (AvgIpc) is 1.82. The molecule has 0 spiro atoms. The van der Waals surface area contributed by atoms with Crippen LogP contribution in [0.25, 0.3) is 0 Å². The van der Waals surface area contributed by atoms with Crippen molar-refractivity contribution in [3.63, 3.8) is 0 Å².